The Bertz CT molecular complexity index is 511. The summed E-state index contributed by atoms with van der Waals surface area (Å²) in [7, 11) is 2.08. The Morgan fingerprint density at radius 1 is 1.39 bits per heavy atom. The maximum atomic E-state index is 6.20. The smallest absolute Gasteiger partial charge is 0.0603 e. The third-order valence-corrected chi connectivity index (χ3v) is 4.59. The summed E-state index contributed by atoms with van der Waals surface area (Å²) < 4.78 is 0. The van der Waals surface area contributed by atoms with Crippen LogP contribution < -0.4 is 10.6 Å². The average Bonchev–Trinajstić information content (AvgIpc) is 2.90. The number of benzene rings is 1. The second-order valence-electron chi connectivity index (χ2n) is 4.28. The number of nitrogens with two attached hydrogens (primary N) is 1. The van der Waals surface area contributed by atoms with Crippen LogP contribution in [0.3, 0.4) is 0 Å². The lowest BCUT2D eigenvalue weighted by molar-refractivity contribution is 0.754. The van der Waals surface area contributed by atoms with Crippen molar-refractivity contribution in [3.8, 4) is 0 Å². The maximum absolute atomic E-state index is 6.20. The first-order valence-electron chi connectivity index (χ1n) is 5.88. The van der Waals surface area contributed by atoms with Gasteiger partial charge in [0.05, 0.1) is 6.04 Å². The molecule has 2 aromatic rings. The van der Waals surface area contributed by atoms with E-state index >= 15 is 0 Å². The van der Waals surface area contributed by atoms with Crippen LogP contribution in [0.5, 0.6) is 0 Å². The van der Waals surface area contributed by atoms with Crippen molar-refractivity contribution >= 4 is 28.6 Å². The van der Waals surface area contributed by atoms with Gasteiger partial charge in [-0.25, -0.2) is 0 Å². The van der Waals surface area contributed by atoms with Crippen LogP contribution in [0.15, 0.2) is 35.7 Å². The second kappa shape index (κ2) is 5.74. The fourth-order valence-corrected chi connectivity index (χ4v) is 2.94. The molecule has 0 amide bonds. The van der Waals surface area contributed by atoms with Crippen LogP contribution in [0.4, 0.5) is 5.69 Å². The summed E-state index contributed by atoms with van der Waals surface area (Å²) in [5.41, 5.74) is 7.71. The minimum absolute atomic E-state index is 0.338. The molecular weight excluding hydrogens is 264 g/mol. The van der Waals surface area contributed by atoms with Gasteiger partial charge in [0, 0.05) is 29.2 Å². The largest absolute Gasteiger partial charge is 0.367 e. The van der Waals surface area contributed by atoms with E-state index in [1.165, 1.54) is 4.88 Å². The van der Waals surface area contributed by atoms with Crippen molar-refractivity contribution in [2.24, 2.45) is 5.73 Å². The number of anilines is 1. The molecule has 0 aliphatic carbocycles. The molecule has 0 spiro atoms. The van der Waals surface area contributed by atoms with Crippen LogP contribution in [-0.2, 0) is 6.54 Å². The molecule has 1 unspecified atom stereocenters. The summed E-state index contributed by atoms with van der Waals surface area (Å²) in [4.78, 5) is 3.56. The van der Waals surface area contributed by atoms with Crippen molar-refractivity contribution < 1.29 is 0 Å². The molecule has 2 rings (SSSR count). The number of rotatable bonds is 4. The van der Waals surface area contributed by atoms with Gasteiger partial charge < -0.3 is 10.6 Å². The molecule has 1 aromatic heterocycles. The fraction of sp³-hybridized carbons (Fsp3) is 0.286. The Kier molecular flexibility index (Phi) is 4.27. The first-order chi connectivity index (χ1) is 8.63. The SMILES string of the molecule is CC(c1cccs1)N(C)c1ccc(CN)c(Cl)c1. The van der Waals surface area contributed by atoms with Gasteiger partial charge in [-0.1, -0.05) is 23.7 Å². The van der Waals surface area contributed by atoms with Crippen LogP contribution >= 0.6 is 22.9 Å². The average molecular weight is 281 g/mol. The van der Waals surface area contributed by atoms with E-state index in [2.05, 4.69) is 42.5 Å². The highest BCUT2D eigenvalue weighted by Gasteiger charge is 2.14. The van der Waals surface area contributed by atoms with E-state index in [0.29, 0.717) is 12.6 Å². The molecule has 96 valence electrons. The molecular formula is C14H17ClN2S. The third-order valence-electron chi connectivity index (χ3n) is 3.20. The van der Waals surface area contributed by atoms with E-state index in [4.69, 9.17) is 17.3 Å². The van der Waals surface area contributed by atoms with Crippen molar-refractivity contribution in [1.29, 1.82) is 0 Å². The highest BCUT2D eigenvalue weighted by atomic mass is 35.5. The first-order valence-corrected chi connectivity index (χ1v) is 7.14. The quantitative estimate of drug-likeness (QED) is 0.915. The topological polar surface area (TPSA) is 29.3 Å². The highest BCUT2D eigenvalue weighted by molar-refractivity contribution is 7.10. The van der Waals surface area contributed by atoms with Gasteiger partial charge in [0.15, 0.2) is 0 Å². The number of nitrogens with zero attached hydrogens (tertiary/aromatic N) is 1. The molecule has 1 heterocycles. The van der Waals surface area contributed by atoms with Gasteiger partial charge in [0.1, 0.15) is 0 Å². The molecule has 0 bridgehead atoms. The van der Waals surface area contributed by atoms with Crippen molar-refractivity contribution in [3.63, 3.8) is 0 Å². The zero-order valence-corrected chi connectivity index (χ0v) is 12.1. The molecule has 0 saturated carbocycles. The normalized spacial score (nSPS) is 12.4. The summed E-state index contributed by atoms with van der Waals surface area (Å²) in [6, 6.07) is 10.6. The van der Waals surface area contributed by atoms with Crippen molar-refractivity contribution in [3.05, 3.63) is 51.2 Å². The van der Waals surface area contributed by atoms with Crippen LogP contribution in [0.2, 0.25) is 5.02 Å². The zero-order chi connectivity index (χ0) is 13.1. The summed E-state index contributed by atoms with van der Waals surface area (Å²) in [5, 5.41) is 2.84. The number of thiophene rings is 1. The number of hydrogen-bond acceptors (Lipinski definition) is 3. The molecule has 0 fully saturated rings. The monoisotopic (exact) mass is 280 g/mol. The van der Waals surface area contributed by atoms with Gasteiger partial charge in [-0.15, -0.1) is 11.3 Å². The third kappa shape index (κ3) is 2.69. The van der Waals surface area contributed by atoms with Crippen molar-refractivity contribution in [1.82, 2.24) is 0 Å². The van der Waals surface area contributed by atoms with Gasteiger partial charge in [-0.05, 0) is 36.1 Å². The highest BCUT2D eigenvalue weighted by Crippen LogP contribution is 2.30. The van der Waals surface area contributed by atoms with E-state index in [0.717, 1.165) is 16.3 Å². The molecule has 2 nitrogen and oxygen atoms in total. The van der Waals surface area contributed by atoms with Crippen LogP contribution in [0.25, 0.3) is 0 Å². The van der Waals surface area contributed by atoms with E-state index in [9.17, 15) is 0 Å². The second-order valence-corrected chi connectivity index (χ2v) is 5.67. The maximum Gasteiger partial charge on any atom is 0.0603 e. The lowest BCUT2D eigenvalue weighted by atomic mass is 10.1. The Labute approximate surface area is 117 Å². The molecule has 0 aliphatic rings. The molecule has 18 heavy (non-hydrogen) atoms. The van der Waals surface area contributed by atoms with E-state index in [-0.39, 0.29) is 0 Å². The minimum Gasteiger partial charge on any atom is -0.367 e. The van der Waals surface area contributed by atoms with Crippen molar-refractivity contribution in [2.75, 3.05) is 11.9 Å². The van der Waals surface area contributed by atoms with Gasteiger partial charge in [0.2, 0.25) is 0 Å². The summed E-state index contributed by atoms with van der Waals surface area (Å²) in [6.07, 6.45) is 0. The molecule has 1 aromatic carbocycles. The first kappa shape index (κ1) is 13.4. The summed E-state index contributed by atoms with van der Waals surface area (Å²) in [5.74, 6) is 0. The Hall–Kier alpha value is -1.03. The van der Waals surface area contributed by atoms with Crippen LogP contribution in [0, 0.1) is 0 Å². The van der Waals surface area contributed by atoms with E-state index in [1.807, 2.05) is 12.1 Å². The predicted molar refractivity (Wildman–Crippen MR) is 80.5 cm³/mol. The zero-order valence-electron chi connectivity index (χ0n) is 10.6. The van der Waals surface area contributed by atoms with E-state index < -0.39 is 0 Å². The van der Waals surface area contributed by atoms with Crippen LogP contribution in [-0.4, -0.2) is 7.05 Å². The van der Waals surface area contributed by atoms with Gasteiger partial charge in [-0.3, -0.25) is 0 Å². The van der Waals surface area contributed by atoms with Crippen LogP contribution in [0.1, 0.15) is 23.4 Å². The molecule has 0 radical (unpaired) electrons. The number of halogens is 1. The predicted octanol–water partition coefficient (Wildman–Crippen LogP) is 4.06. The minimum atomic E-state index is 0.338. The molecule has 0 saturated heterocycles. The molecule has 4 heteroatoms. The molecule has 1 atom stereocenters. The Morgan fingerprint density at radius 3 is 2.72 bits per heavy atom. The van der Waals surface area contributed by atoms with E-state index in [1.54, 1.807) is 11.3 Å². The summed E-state index contributed by atoms with van der Waals surface area (Å²) >= 11 is 7.97. The van der Waals surface area contributed by atoms with Crippen molar-refractivity contribution in [2.45, 2.75) is 19.5 Å². The standard InChI is InChI=1S/C14H17ClN2S/c1-10(14-4-3-7-18-14)17(2)12-6-5-11(9-16)13(15)8-12/h3-8,10H,9,16H2,1-2H3. The van der Waals surface area contributed by atoms with Gasteiger partial charge >= 0.3 is 0 Å². The fourth-order valence-electron chi connectivity index (χ4n) is 1.86. The summed E-state index contributed by atoms with van der Waals surface area (Å²) in [6.45, 7) is 2.67. The lowest BCUT2D eigenvalue weighted by Gasteiger charge is -2.26. The molecule has 2 N–H and O–H groups in total. The Balaban J connectivity index is 2.23. The lowest BCUT2D eigenvalue weighted by Crippen LogP contribution is -2.20. The Morgan fingerprint density at radius 2 is 2.17 bits per heavy atom. The molecule has 0 aliphatic heterocycles. The van der Waals surface area contributed by atoms with Gasteiger partial charge in [0.25, 0.3) is 0 Å². The van der Waals surface area contributed by atoms with Gasteiger partial charge in [-0.2, -0.15) is 0 Å². The number of hydrogen-bond donors (Lipinski definition) is 1.